The minimum atomic E-state index is -0.500. The maximum Gasteiger partial charge on any atom is 0.407 e. The average Bonchev–Trinajstić information content (AvgIpc) is 3.11. The molecule has 5 nitrogen and oxygen atoms in total. The third-order valence-corrected chi connectivity index (χ3v) is 4.42. The lowest BCUT2D eigenvalue weighted by Gasteiger charge is -2.19. The van der Waals surface area contributed by atoms with Gasteiger partial charge in [-0.05, 0) is 24.8 Å². The number of hydrogen-bond acceptors (Lipinski definition) is 4. The lowest BCUT2D eigenvalue weighted by Crippen LogP contribution is -2.35. The van der Waals surface area contributed by atoms with Crippen LogP contribution >= 0.6 is 0 Å². The summed E-state index contributed by atoms with van der Waals surface area (Å²) in [6.45, 7) is 2.65. The Labute approximate surface area is 143 Å². The van der Waals surface area contributed by atoms with Gasteiger partial charge in [0.2, 0.25) is 0 Å². The monoisotopic (exact) mass is 333 g/mol. The summed E-state index contributed by atoms with van der Waals surface area (Å²) in [5.74, 6) is 0.0339. The number of alkyl carbamates (subject to hydrolysis) is 1. The first-order chi connectivity index (χ1) is 11.7. The molecule has 1 amide bonds. The molecule has 1 saturated carbocycles. The molecule has 1 aliphatic rings. The van der Waals surface area contributed by atoms with Gasteiger partial charge in [0, 0.05) is 6.54 Å². The van der Waals surface area contributed by atoms with E-state index in [1.807, 2.05) is 30.3 Å². The van der Waals surface area contributed by atoms with Crippen molar-refractivity contribution in [2.45, 2.75) is 45.6 Å². The average molecular weight is 333 g/mol. The second-order valence-corrected chi connectivity index (χ2v) is 6.28. The Morgan fingerprint density at radius 1 is 1.17 bits per heavy atom. The van der Waals surface area contributed by atoms with E-state index in [2.05, 4.69) is 5.32 Å². The number of carbonyl (C=O) groups is 2. The van der Waals surface area contributed by atoms with E-state index in [1.165, 1.54) is 12.8 Å². The maximum atomic E-state index is 12.1. The number of ether oxygens (including phenoxy) is 2. The van der Waals surface area contributed by atoms with E-state index in [9.17, 15) is 9.59 Å². The van der Waals surface area contributed by atoms with Crippen molar-refractivity contribution in [1.29, 1.82) is 0 Å². The van der Waals surface area contributed by atoms with Crippen LogP contribution < -0.4 is 5.32 Å². The SMILES string of the molecule is CCOC(=O)C(CNC(=O)OCc1ccccc1)CC1CCCC1. The summed E-state index contributed by atoms with van der Waals surface area (Å²) in [4.78, 5) is 24.0. The van der Waals surface area contributed by atoms with Crippen LogP contribution in [0.4, 0.5) is 4.79 Å². The van der Waals surface area contributed by atoms with Gasteiger partial charge in [-0.2, -0.15) is 0 Å². The third kappa shape index (κ3) is 6.22. The van der Waals surface area contributed by atoms with Crippen molar-refractivity contribution < 1.29 is 19.1 Å². The zero-order valence-corrected chi connectivity index (χ0v) is 14.3. The quantitative estimate of drug-likeness (QED) is 0.737. The van der Waals surface area contributed by atoms with Gasteiger partial charge in [-0.15, -0.1) is 0 Å². The minimum Gasteiger partial charge on any atom is -0.466 e. The van der Waals surface area contributed by atoms with Gasteiger partial charge in [-0.3, -0.25) is 4.79 Å². The Morgan fingerprint density at radius 2 is 1.88 bits per heavy atom. The predicted molar refractivity (Wildman–Crippen MR) is 91.3 cm³/mol. The standard InChI is InChI=1S/C19H27NO4/c1-2-23-18(21)17(12-15-8-6-7-9-15)13-20-19(22)24-14-16-10-4-3-5-11-16/h3-5,10-11,15,17H,2,6-9,12-14H2,1H3,(H,20,22). The summed E-state index contributed by atoms with van der Waals surface area (Å²) in [6, 6.07) is 9.50. The number of benzene rings is 1. The molecule has 0 bridgehead atoms. The van der Waals surface area contributed by atoms with Crippen molar-refractivity contribution in [2.24, 2.45) is 11.8 Å². The number of carbonyl (C=O) groups excluding carboxylic acids is 2. The molecular weight excluding hydrogens is 306 g/mol. The topological polar surface area (TPSA) is 64.6 Å². The smallest absolute Gasteiger partial charge is 0.407 e. The van der Waals surface area contributed by atoms with Crippen LogP contribution in [0, 0.1) is 11.8 Å². The molecule has 0 radical (unpaired) electrons. The first-order valence-corrected chi connectivity index (χ1v) is 8.80. The summed E-state index contributed by atoms with van der Waals surface area (Å²) in [6.07, 6.45) is 5.06. The fourth-order valence-corrected chi connectivity index (χ4v) is 3.15. The zero-order chi connectivity index (χ0) is 17.2. The summed E-state index contributed by atoms with van der Waals surface area (Å²) < 4.78 is 10.3. The summed E-state index contributed by atoms with van der Waals surface area (Å²) in [5.41, 5.74) is 0.931. The zero-order valence-electron chi connectivity index (χ0n) is 14.3. The Kier molecular flexibility index (Phi) is 7.59. The summed E-state index contributed by atoms with van der Waals surface area (Å²) >= 11 is 0. The van der Waals surface area contributed by atoms with Gasteiger partial charge < -0.3 is 14.8 Å². The number of esters is 1. The van der Waals surface area contributed by atoms with Gasteiger partial charge in [0.25, 0.3) is 0 Å². The highest BCUT2D eigenvalue weighted by molar-refractivity contribution is 5.74. The second kappa shape index (κ2) is 9.96. The summed E-state index contributed by atoms with van der Waals surface area (Å²) in [7, 11) is 0. The largest absolute Gasteiger partial charge is 0.466 e. The van der Waals surface area contributed by atoms with E-state index in [0.717, 1.165) is 24.8 Å². The molecule has 5 heteroatoms. The Bertz CT molecular complexity index is 511. The normalized spacial score (nSPS) is 15.7. The van der Waals surface area contributed by atoms with Crippen molar-refractivity contribution in [3.63, 3.8) is 0 Å². The van der Waals surface area contributed by atoms with Crippen LogP contribution in [0.15, 0.2) is 30.3 Å². The molecule has 0 aromatic heterocycles. The van der Waals surface area contributed by atoms with Crippen LogP contribution in [0.3, 0.4) is 0 Å². The van der Waals surface area contributed by atoms with Gasteiger partial charge >= 0.3 is 12.1 Å². The molecule has 0 spiro atoms. The highest BCUT2D eigenvalue weighted by Gasteiger charge is 2.26. The number of hydrogen-bond donors (Lipinski definition) is 1. The molecule has 1 N–H and O–H groups in total. The van der Waals surface area contributed by atoms with Gasteiger partial charge in [-0.25, -0.2) is 4.79 Å². The second-order valence-electron chi connectivity index (χ2n) is 6.28. The Balaban J connectivity index is 1.77. The number of rotatable bonds is 8. The predicted octanol–water partition coefficient (Wildman–Crippen LogP) is 3.67. The molecule has 1 unspecified atom stereocenters. The van der Waals surface area contributed by atoms with Gasteiger partial charge in [0.1, 0.15) is 6.61 Å². The Morgan fingerprint density at radius 3 is 2.54 bits per heavy atom. The molecule has 0 heterocycles. The maximum absolute atomic E-state index is 12.1. The van der Waals surface area contributed by atoms with Crippen LogP contribution in [0.1, 0.15) is 44.6 Å². The van der Waals surface area contributed by atoms with Crippen molar-refractivity contribution in [1.82, 2.24) is 5.32 Å². The lowest BCUT2D eigenvalue weighted by molar-refractivity contribution is -0.148. The van der Waals surface area contributed by atoms with Crippen molar-refractivity contribution in [3.05, 3.63) is 35.9 Å². The molecular formula is C19H27NO4. The van der Waals surface area contributed by atoms with E-state index in [1.54, 1.807) is 6.92 Å². The van der Waals surface area contributed by atoms with Crippen molar-refractivity contribution in [2.75, 3.05) is 13.2 Å². The lowest BCUT2D eigenvalue weighted by atomic mass is 9.93. The Hall–Kier alpha value is -2.04. The summed E-state index contributed by atoms with van der Waals surface area (Å²) in [5, 5.41) is 2.70. The first-order valence-electron chi connectivity index (χ1n) is 8.80. The minimum absolute atomic E-state index is 0.222. The number of amides is 1. The number of nitrogens with one attached hydrogen (secondary N) is 1. The van der Waals surface area contributed by atoms with E-state index >= 15 is 0 Å². The molecule has 0 aliphatic heterocycles. The van der Waals surface area contributed by atoms with Crippen LogP contribution in [-0.2, 0) is 20.9 Å². The van der Waals surface area contributed by atoms with E-state index in [4.69, 9.17) is 9.47 Å². The van der Waals surface area contributed by atoms with E-state index in [-0.39, 0.29) is 25.0 Å². The van der Waals surface area contributed by atoms with Crippen molar-refractivity contribution >= 4 is 12.1 Å². The van der Waals surface area contributed by atoms with Gasteiger partial charge in [0.15, 0.2) is 0 Å². The van der Waals surface area contributed by atoms with Crippen LogP contribution in [0.2, 0.25) is 0 Å². The fraction of sp³-hybridized carbons (Fsp3) is 0.579. The molecule has 1 aliphatic carbocycles. The van der Waals surface area contributed by atoms with Crippen LogP contribution in [0.5, 0.6) is 0 Å². The van der Waals surface area contributed by atoms with E-state index < -0.39 is 6.09 Å². The van der Waals surface area contributed by atoms with Gasteiger partial charge in [0.05, 0.1) is 12.5 Å². The molecule has 2 rings (SSSR count). The fourth-order valence-electron chi connectivity index (χ4n) is 3.15. The molecule has 1 atom stereocenters. The first kappa shape index (κ1) is 18.3. The van der Waals surface area contributed by atoms with Crippen LogP contribution in [0.25, 0.3) is 0 Å². The molecule has 0 saturated heterocycles. The highest BCUT2D eigenvalue weighted by atomic mass is 16.5. The molecule has 1 aromatic carbocycles. The molecule has 1 aromatic rings. The highest BCUT2D eigenvalue weighted by Crippen LogP contribution is 2.30. The van der Waals surface area contributed by atoms with Crippen LogP contribution in [-0.4, -0.2) is 25.2 Å². The third-order valence-electron chi connectivity index (χ3n) is 4.42. The van der Waals surface area contributed by atoms with E-state index in [0.29, 0.717) is 12.5 Å². The molecule has 24 heavy (non-hydrogen) atoms. The molecule has 132 valence electrons. The molecule has 1 fully saturated rings. The van der Waals surface area contributed by atoms with Crippen molar-refractivity contribution in [3.8, 4) is 0 Å². The van der Waals surface area contributed by atoms with Gasteiger partial charge in [-0.1, -0.05) is 56.0 Å².